The van der Waals surface area contributed by atoms with Crippen LogP contribution in [0.15, 0.2) is 24.3 Å². The number of rotatable bonds is 3. The van der Waals surface area contributed by atoms with Gasteiger partial charge in [0.2, 0.25) is 0 Å². The summed E-state index contributed by atoms with van der Waals surface area (Å²) in [6.07, 6.45) is 0. The molecule has 0 bridgehead atoms. The van der Waals surface area contributed by atoms with E-state index in [9.17, 15) is 4.79 Å². The molecule has 4 N–H and O–H groups in total. The average molecular weight is 223 g/mol. The molecule has 4 nitrogen and oxygen atoms in total. The number of carbonyl (C=O) groups is 1. The van der Waals surface area contributed by atoms with E-state index < -0.39 is 5.91 Å². The van der Waals surface area contributed by atoms with Crippen molar-refractivity contribution in [2.45, 2.75) is 6.92 Å². The Morgan fingerprint density at radius 1 is 1.47 bits per heavy atom. The van der Waals surface area contributed by atoms with Crippen molar-refractivity contribution in [2.75, 3.05) is 11.9 Å². The Morgan fingerprint density at radius 3 is 2.73 bits per heavy atom. The van der Waals surface area contributed by atoms with Gasteiger partial charge in [0.05, 0.1) is 11.3 Å². The summed E-state index contributed by atoms with van der Waals surface area (Å²) in [5.74, 6) is -0.475. The fourth-order valence-electron chi connectivity index (χ4n) is 1.13. The molecule has 5 heteroatoms. The van der Waals surface area contributed by atoms with Gasteiger partial charge in [-0.1, -0.05) is 12.1 Å². The van der Waals surface area contributed by atoms with Gasteiger partial charge in [-0.2, -0.15) is 0 Å². The van der Waals surface area contributed by atoms with Crippen LogP contribution in [0, 0.1) is 0 Å². The number of nitrogens with two attached hydrogens (primary N) is 1. The predicted molar refractivity (Wildman–Crippen MR) is 64.9 cm³/mol. The van der Waals surface area contributed by atoms with Gasteiger partial charge in [-0.15, -0.1) is 0 Å². The van der Waals surface area contributed by atoms with Crippen LogP contribution < -0.4 is 16.4 Å². The molecule has 0 aliphatic rings. The third-order valence-corrected chi connectivity index (χ3v) is 2.02. The summed E-state index contributed by atoms with van der Waals surface area (Å²) >= 11 is 5.01. The highest BCUT2D eigenvalue weighted by Gasteiger charge is 2.07. The maximum Gasteiger partial charge on any atom is 0.250 e. The highest BCUT2D eigenvalue weighted by atomic mass is 32.1. The van der Waals surface area contributed by atoms with E-state index in [1.165, 1.54) is 0 Å². The normalized spacial score (nSPS) is 9.40. The fraction of sp³-hybridized carbons (Fsp3) is 0.200. The van der Waals surface area contributed by atoms with Crippen molar-refractivity contribution >= 4 is 28.9 Å². The van der Waals surface area contributed by atoms with Crippen molar-refractivity contribution in [3.8, 4) is 0 Å². The summed E-state index contributed by atoms with van der Waals surface area (Å²) in [7, 11) is 0. The van der Waals surface area contributed by atoms with Crippen LogP contribution in [0.5, 0.6) is 0 Å². The van der Waals surface area contributed by atoms with E-state index in [4.69, 9.17) is 18.0 Å². The SMILES string of the molecule is CCNC(=S)Nc1ccccc1C(N)=O. The highest BCUT2D eigenvalue weighted by molar-refractivity contribution is 7.80. The van der Waals surface area contributed by atoms with Crippen molar-refractivity contribution in [2.24, 2.45) is 5.73 Å². The molecule has 0 aliphatic heterocycles. The predicted octanol–water partition coefficient (Wildman–Crippen LogP) is 1.09. The molecule has 0 aromatic heterocycles. The number of para-hydroxylation sites is 1. The quantitative estimate of drug-likeness (QED) is 0.671. The molecular formula is C10H13N3OS. The number of benzene rings is 1. The van der Waals surface area contributed by atoms with E-state index in [2.05, 4.69) is 10.6 Å². The van der Waals surface area contributed by atoms with E-state index in [-0.39, 0.29) is 0 Å². The Bertz CT molecular complexity index is 379. The molecule has 15 heavy (non-hydrogen) atoms. The Morgan fingerprint density at radius 2 is 2.13 bits per heavy atom. The van der Waals surface area contributed by atoms with Crippen LogP contribution >= 0.6 is 12.2 Å². The zero-order chi connectivity index (χ0) is 11.3. The molecule has 1 amide bonds. The summed E-state index contributed by atoms with van der Waals surface area (Å²) in [4.78, 5) is 11.1. The molecule has 1 aromatic carbocycles. The smallest absolute Gasteiger partial charge is 0.250 e. The molecule has 80 valence electrons. The minimum Gasteiger partial charge on any atom is -0.366 e. The summed E-state index contributed by atoms with van der Waals surface area (Å²) in [5, 5.41) is 6.32. The molecule has 0 spiro atoms. The number of primary amides is 1. The Labute approximate surface area is 93.9 Å². The van der Waals surface area contributed by atoms with Gasteiger partial charge in [-0.05, 0) is 31.3 Å². The van der Waals surface area contributed by atoms with Crippen molar-refractivity contribution < 1.29 is 4.79 Å². The summed E-state index contributed by atoms with van der Waals surface area (Å²) < 4.78 is 0. The molecule has 1 aromatic rings. The Balaban J connectivity index is 2.84. The van der Waals surface area contributed by atoms with Gasteiger partial charge in [-0.25, -0.2) is 0 Å². The van der Waals surface area contributed by atoms with Gasteiger partial charge in [0.25, 0.3) is 5.91 Å². The fourth-order valence-corrected chi connectivity index (χ4v) is 1.39. The summed E-state index contributed by atoms with van der Waals surface area (Å²) in [6.45, 7) is 2.67. The molecule has 0 radical (unpaired) electrons. The average Bonchev–Trinajstić information content (AvgIpc) is 2.18. The lowest BCUT2D eigenvalue weighted by Crippen LogP contribution is -2.29. The van der Waals surface area contributed by atoms with E-state index in [0.29, 0.717) is 16.4 Å². The number of nitrogens with one attached hydrogen (secondary N) is 2. The Kier molecular flexibility index (Phi) is 4.05. The summed E-state index contributed by atoms with van der Waals surface area (Å²) in [6, 6.07) is 6.97. The minimum atomic E-state index is -0.475. The second-order valence-electron chi connectivity index (χ2n) is 2.89. The third-order valence-electron chi connectivity index (χ3n) is 1.78. The van der Waals surface area contributed by atoms with Crippen LogP contribution in [-0.2, 0) is 0 Å². The van der Waals surface area contributed by atoms with Crippen LogP contribution in [0.25, 0.3) is 0 Å². The zero-order valence-corrected chi connectivity index (χ0v) is 9.23. The molecular weight excluding hydrogens is 210 g/mol. The lowest BCUT2D eigenvalue weighted by atomic mass is 10.1. The second-order valence-corrected chi connectivity index (χ2v) is 3.30. The largest absolute Gasteiger partial charge is 0.366 e. The highest BCUT2D eigenvalue weighted by Crippen LogP contribution is 2.13. The number of amides is 1. The Hall–Kier alpha value is -1.62. The molecule has 0 atom stereocenters. The molecule has 0 fully saturated rings. The first-order valence-corrected chi connectivity index (χ1v) is 4.99. The zero-order valence-electron chi connectivity index (χ0n) is 8.41. The van der Waals surface area contributed by atoms with Crippen LogP contribution in [0.3, 0.4) is 0 Å². The molecule has 1 rings (SSSR count). The summed E-state index contributed by atoms with van der Waals surface area (Å²) in [5.41, 5.74) is 6.27. The van der Waals surface area contributed by atoms with E-state index in [1.54, 1.807) is 18.2 Å². The van der Waals surface area contributed by atoms with Crippen LogP contribution in [0.1, 0.15) is 17.3 Å². The van der Waals surface area contributed by atoms with Gasteiger partial charge in [0.15, 0.2) is 5.11 Å². The minimum absolute atomic E-state index is 0.428. The molecule has 0 heterocycles. The van der Waals surface area contributed by atoms with Crippen molar-refractivity contribution in [1.29, 1.82) is 0 Å². The topological polar surface area (TPSA) is 67.2 Å². The maximum atomic E-state index is 11.1. The standard InChI is InChI=1S/C10H13N3OS/c1-2-12-10(15)13-8-6-4-3-5-7(8)9(11)14/h3-6H,2H2,1H3,(H2,11,14)(H2,12,13,15). The first kappa shape index (κ1) is 11.5. The molecule has 0 aliphatic carbocycles. The first-order chi connectivity index (χ1) is 7.15. The number of thiocarbonyl (C=S) groups is 1. The lowest BCUT2D eigenvalue weighted by Gasteiger charge is -2.11. The van der Waals surface area contributed by atoms with E-state index in [1.807, 2.05) is 13.0 Å². The number of carbonyl (C=O) groups excluding carboxylic acids is 1. The van der Waals surface area contributed by atoms with Gasteiger partial charge in [0, 0.05) is 6.54 Å². The number of hydrogen-bond donors (Lipinski definition) is 3. The molecule has 0 saturated carbocycles. The third kappa shape index (κ3) is 3.21. The van der Waals surface area contributed by atoms with Crippen LogP contribution in [0.4, 0.5) is 5.69 Å². The maximum absolute atomic E-state index is 11.1. The molecule has 0 unspecified atom stereocenters. The van der Waals surface area contributed by atoms with E-state index in [0.717, 1.165) is 6.54 Å². The second kappa shape index (κ2) is 5.31. The van der Waals surface area contributed by atoms with Gasteiger partial charge >= 0.3 is 0 Å². The van der Waals surface area contributed by atoms with Crippen molar-refractivity contribution in [3.63, 3.8) is 0 Å². The first-order valence-electron chi connectivity index (χ1n) is 4.58. The van der Waals surface area contributed by atoms with Gasteiger partial charge in [0.1, 0.15) is 0 Å². The molecule has 0 saturated heterocycles. The van der Waals surface area contributed by atoms with Crippen molar-refractivity contribution in [1.82, 2.24) is 5.32 Å². The number of anilines is 1. The lowest BCUT2D eigenvalue weighted by molar-refractivity contribution is 0.100. The van der Waals surface area contributed by atoms with Crippen LogP contribution in [-0.4, -0.2) is 17.6 Å². The number of hydrogen-bond acceptors (Lipinski definition) is 2. The monoisotopic (exact) mass is 223 g/mol. The van der Waals surface area contributed by atoms with Crippen LogP contribution in [0.2, 0.25) is 0 Å². The van der Waals surface area contributed by atoms with E-state index >= 15 is 0 Å². The van der Waals surface area contributed by atoms with Crippen molar-refractivity contribution in [3.05, 3.63) is 29.8 Å². The van der Waals surface area contributed by atoms with Gasteiger partial charge in [-0.3, -0.25) is 4.79 Å². The van der Waals surface area contributed by atoms with Gasteiger partial charge < -0.3 is 16.4 Å².